The summed E-state index contributed by atoms with van der Waals surface area (Å²) in [5, 5.41) is -2.84. The minimum atomic E-state index is -2.84. The van der Waals surface area contributed by atoms with E-state index in [0.717, 1.165) is 6.42 Å². The van der Waals surface area contributed by atoms with Crippen LogP contribution in [0.4, 0.5) is 8.78 Å². The molecule has 0 N–H and O–H groups in total. The zero-order chi connectivity index (χ0) is 10.3. The van der Waals surface area contributed by atoms with Crippen molar-refractivity contribution in [2.45, 2.75) is 35.1 Å². The van der Waals surface area contributed by atoms with Gasteiger partial charge in [0, 0.05) is 0 Å². The van der Waals surface area contributed by atoms with Crippen molar-refractivity contribution >= 4 is 34.8 Å². The van der Waals surface area contributed by atoms with Gasteiger partial charge in [0.05, 0.1) is 6.61 Å². The van der Waals surface area contributed by atoms with E-state index in [1.54, 1.807) is 0 Å². The van der Waals surface area contributed by atoms with Gasteiger partial charge in [-0.25, -0.2) is 8.78 Å². The van der Waals surface area contributed by atoms with E-state index in [4.69, 9.17) is 34.8 Å². The molecule has 0 spiro atoms. The second kappa shape index (κ2) is 3.37. The average Bonchev–Trinajstić information content (AvgIpc) is 2.30. The lowest BCUT2D eigenvalue weighted by atomic mass is 10.4. The third-order valence-electron chi connectivity index (χ3n) is 1.94. The van der Waals surface area contributed by atoms with E-state index in [0.29, 0.717) is 6.42 Å². The number of unbranched alkanes of at least 4 members (excludes halogenated alkanes) is 1. The quantitative estimate of drug-likeness (QED) is 0.550. The van der Waals surface area contributed by atoms with Gasteiger partial charge in [-0.05, 0) is 6.42 Å². The van der Waals surface area contributed by atoms with Gasteiger partial charge in [0.2, 0.25) is 4.33 Å². The molecular formula is C7H9Cl3F2O. The number of halogens is 5. The lowest BCUT2D eigenvalue weighted by Crippen LogP contribution is -2.18. The summed E-state index contributed by atoms with van der Waals surface area (Å²) in [6.45, 7) is 1.94. The van der Waals surface area contributed by atoms with Crippen molar-refractivity contribution in [3.63, 3.8) is 0 Å². The minimum absolute atomic E-state index is 0.0482. The van der Waals surface area contributed by atoms with E-state index in [9.17, 15) is 8.78 Å². The van der Waals surface area contributed by atoms with Crippen LogP contribution in [0, 0.1) is 0 Å². The van der Waals surface area contributed by atoms with E-state index < -0.39 is 15.3 Å². The van der Waals surface area contributed by atoms with Crippen molar-refractivity contribution in [2.24, 2.45) is 0 Å². The number of alkyl halides is 5. The van der Waals surface area contributed by atoms with E-state index >= 15 is 0 Å². The largest absolute Gasteiger partial charge is 0.340 e. The van der Waals surface area contributed by atoms with Crippen LogP contribution in [-0.4, -0.2) is 21.9 Å². The Morgan fingerprint density at radius 1 is 1.23 bits per heavy atom. The van der Waals surface area contributed by atoms with Gasteiger partial charge < -0.3 is 4.74 Å². The highest BCUT2D eigenvalue weighted by atomic mass is 35.5. The molecule has 0 aromatic rings. The summed E-state index contributed by atoms with van der Waals surface area (Å²) in [6, 6.07) is 0. The molecule has 0 aromatic heterocycles. The first kappa shape index (κ1) is 11.8. The first-order chi connectivity index (χ1) is 5.81. The smallest absolute Gasteiger partial charge is 0.299 e. The lowest BCUT2D eigenvalue weighted by molar-refractivity contribution is -0.0877. The van der Waals surface area contributed by atoms with Gasteiger partial charge in [-0.1, -0.05) is 48.1 Å². The Bertz CT molecular complexity index is 194. The molecule has 1 nitrogen and oxygen atoms in total. The molecule has 78 valence electrons. The van der Waals surface area contributed by atoms with Crippen molar-refractivity contribution in [3.8, 4) is 0 Å². The first-order valence-electron chi connectivity index (χ1n) is 3.89. The SMILES string of the molecule is CCCCO[C@]1(F)C(Cl)(Cl)[C@]1(F)Cl. The molecule has 0 aliphatic heterocycles. The molecule has 2 atom stereocenters. The Labute approximate surface area is 90.3 Å². The fourth-order valence-corrected chi connectivity index (χ4v) is 1.79. The standard InChI is InChI=1S/C7H9Cl3F2O/c1-2-3-4-13-7(12)5(8,9)6(7,10)11/h2-4H2,1H3/t6-,7-/m1/s1. The Balaban J connectivity index is 2.51. The normalized spacial score (nSPS) is 42.0. The predicted molar refractivity (Wildman–Crippen MR) is 48.8 cm³/mol. The Kier molecular flexibility index (Phi) is 3.05. The highest BCUT2D eigenvalue weighted by Gasteiger charge is 2.94. The van der Waals surface area contributed by atoms with Gasteiger partial charge in [-0.3, -0.25) is 0 Å². The number of rotatable bonds is 4. The van der Waals surface area contributed by atoms with Gasteiger partial charge in [0.15, 0.2) is 0 Å². The molecule has 0 saturated heterocycles. The van der Waals surface area contributed by atoms with E-state index in [-0.39, 0.29) is 6.61 Å². The molecule has 6 heteroatoms. The molecule has 1 fully saturated rings. The maximum absolute atomic E-state index is 13.4. The molecule has 0 amide bonds. The van der Waals surface area contributed by atoms with Crippen LogP contribution in [0.1, 0.15) is 19.8 Å². The number of hydrogen-bond donors (Lipinski definition) is 0. The molecule has 1 aliphatic rings. The molecule has 1 saturated carbocycles. The zero-order valence-electron chi connectivity index (χ0n) is 6.92. The maximum atomic E-state index is 13.4. The molecule has 1 aliphatic carbocycles. The summed E-state index contributed by atoms with van der Waals surface area (Å²) >= 11 is 15.6. The van der Waals surface area contributed by atoms with Gasteiger partial charge in [0.1, 0.15) is 0 Å². The van der Waals surface area contributed by atoms with Crippen LogP contribution < -0.4 is 0 Å². The Hall–Kier alpha value is 0.690. The van der Waals surface area contributed by atoms with Crippen molar-refractivity contribution in [1.82, 2.24) is 0 Å². The third-order valence-corrected chi connectivity index (χ3v) is 3.67. The third kappa shape index (κ3) is 1.44. The summed E-state index contributed by atoms with van der Waals surface area (Å²) < 4.78 is 28.7. The summed E-state index contributed by atoms with van der Waals surface area (Å²) in [6.07, 6.45) is 1.40. The average molecular weight is 254 g/mol. The number of hydrogen-bond acceptors (Lipinski definition) is 1. The monoisotopic (exact) mass is 252 g/mol. The van der Waals surface area contributed by atoms with Gasteiger partial charge in [-0.2, -0.15) is 0 Å². The maximum Gasteiger partial charge on any atom is 0.299 e. The zero-order valence-corrected chi connectivity index (χ0v) is 9.19. The second-order valence-electron chi connectivity index (χ2n) is 2.95. The lowest BCUT2D eigenvalue weighted by Gasteiger charge is -2.07. The van der Waals surface area contributed by atoms with Crippen LogP contribution >= 0.6 is 34.8 Å². The molecule has 0 aromatic carbocycles. The molecule has 13 heavy (non-hydrogen) atoms. The van der Waals surface area contributed by atoms with Crippen LogP contribution in [0.5, 0.6) is 0 Å². The van der Waals surface area contributed by atoms with Crippen molar-refractivity contribution < 1.29 is 13.5 Å². The highest BCUT2D eigenvalue weighted by molar-refractivity contribution is 6.59. The number of ether oxygens (including phenoxy) is 1. The van der Waals surface area contributed by atoms with Gasteiger partial charge in [-0.15, -0.1) is 0 Å². The fraction of sp³-hybridized carbons (Fsp3) is 1.00. The van der Waals surface area contributed by atoms with Crippen molar-refractivity contribution in [2.75, 3.05) is 6.61 Å². The van der Waals surface area contributed by atoms with Crippen LogP contribution in [0.2, 0.25) is 0 Å². The Morgan fingerprint density at radius 3 is 2.00 bits per heavy atom. The van der Waals surface area contributed by atoms with Crippen LogP contribution in [0.3, 0.4) is 0 Å². The van der Waals surface area contributed by atoms with E-state index in [1.807, 2.05) is 6.92 Å². The molecular weight excluding hydrogens is 244 g/mol. The summed E-state index contributed by atoms with van der Waals surface area (Å²) in [5.74, 6) is -2.78. The van der Waals surface area contributed by atoms with Crippen molar-refractivity contribution in [1.29, 1.82) is 0 Å². The summed E-state index contributed by atoms with van der Waals surface area (Å²) in [4.78, 5) is 0. The predicted octanol–water partition coefficient (Wildman–Crippen LogP) is 3.56. The molecule has 0 bridgehead atoms. The summed E-state index contributed by atoms with van der Waals surface area (Å²) in [7, 11) is 0. The summed E-state index contributed by atoms with van der Waals surface area (Å²) in [5.41, 5.74) is 0. The molecule has 0 heterocycles. The molecule has 0 radical (unpaired) electrons. The molecule has 1 rings (SSSR count). The van der Waals surface area contributed by atoms with Crippen LogP contribution in [0.15, 0.2) is 0 Å². The van der Waals surface area contributed by atoms with Crippen LogP contribution in [0.25, 0.3) is 0 Å². The second-order valence-corrected chi connectivity index (χ2v) is 4.79. The van der Waals surface area contributed by atoms with E-state index in [1.165, 1.54) is 0 Å². The first-order valence-corrected chi connectivity index (χ1v) is 5.03. The van der Waals surface area contributed by atoms with Crippen molar-refractivity contribution in [3.05, 3.63) is 0 Å². The Morgan fingerprint density at radius 2 is 1.69 bits per heavy atom. The van der Waals surface area contributed by atoms with Gasteiger partial charge >= 0.3 is 0 Å². The van der Waals surface area contributed by atoms with Crippen LogP contribution in [-0.2, 0) is 4.74 Å². The topological polar surface area (TPSA) is 9.23 Å². The minimum Gasteiger partial charge on any atom is -0.340 e. The highest BCUT2D eigenvalue weighted by Crippen LogP contribution is 2.72. The molecule has 0 unspecified atom stereocenters. The van der Waals surface area contributed by atoms with E-state index in [2.05, 4.69) is 4.74 Å². The van der Waals surface area contributed by atoms with Gasteiger partial charge in [0.25, 0.3) is 11.0 Å². The fourth-order valence-electron chi connectivity index (χ4n) is 0.902.